The first-order valence-corrected chi connectivity index (χ1v) is 6.21. The average molecular weight is 314 g/mol. The average Bonchev–Trinajstić information content (AvgIpc) is 2.41. The van der Waals surface area contributed by atoms with Crippen molar-refractivity contribution in [3.63, 3.8) is 0 Å². The predicted octanol–water partition coefficient (Wildman–Crippen LogP) is 4.70. The number of hydrogen-bond acceptors (Lipinski definition) is 4. The monoisotopic (exact) mass is 313 g/mol. The van der Waals surface area contributed by atoms with E-state index in [1.54, 1.807) is 12.1 Å². The number of benzene rings is 2. The third-order valence-corrected chi connectivity index (χ3v) is 2.96. The fourth-order valence-electron chi connectivity index (χ4n) is 1.52. The van der Waals surface area contributed by atoms with Crippen molar-refractivity contribution >= 4 is 28.9 Å². The van der Waals surface area contributed by atoms with Gasteiger partial charge in [0.25, 0.3) is 5.69 Å². The molecule has 0 amide bonds. The third kappa shape index (κ3) is 3.31. The zero-order valence-corrected chi connectivity index (χ0v) is 11.8. The van der Waals surface area contributed by atoms with E-state index in [1.165, 1.54) is 31.4 Å². The Labute approximate surface area is 124 Å². The Morgan fingerprint density at radius 3 is 2.40 bits per heavy atom. The number of rotatable bonds is 4. The van der Waals surface area contributed by atoms with Crippen LogP contribution in [-0.4, -0.2) is 12.0 Å². The number of hydrogen-bond donors (Lipinski definition) is 0. The topological polar surface area (TPSA) is 61.6 Å². The molecule has 0 fully saturated rings. The molecule has 0 aromatic heterocycles. The van der Waals surface area contributed by atoms with Gasteiger partial charge in [-0.1, -0.05) is 23.2 Å². The van der Waals surface area contributed by atoms with Gasteiger partial charge in [0.1, 0.15) is 17.2 Å². The molecule has 7 heteroatoms. The van der Waals surface area contributed by atoms with E-state index in [0.717, 1.165) is 0 Å². The van der Waals surface area contributed by atoms with Crippen LogP contribution in [0.3, 0.4) is 0 Å². The van der Waals surface area contributed by atoms with Crippen molar-refractivity contribution < 1.29 is 14.4 Å². The number of nitro benzene ring substituents is 1. The van der Waals surface area contributed by atoms with E-state index in [2.05, 4.69) is 0 Å². The fraction of sp³-hybridized carbons (Fsp3) is 0.0769. The van der Waals surface area contributed by atoms with E-state index in [4.69, 9.17) is 32.7 Å². The molecule has 104 valence electrons. The van der Waals surface area contributed by atoms with Crippen LogP contribution in [0.5, 0.6) is 17.2 Å². The maximum Gasteiger partial charge on any atom is 0.276 e. The second kappa shape index (κ2) is 5.98. The van der Waals surface area contributed by atoms with Gasteiger partial charge in [-0.25, -0.2) is 0 Å². The summed E-state index contributed by atoms with van der Waals surface area (Å²) >= 11 is 11.8. The highest BCUT2D eigenvalue weighted by Crippen LogP contribution is 2.35. The highest BCUT2D eigenvalue weighted by atomic mass is 35.5. The van der Waals surface area contributed by atoms with Gasteiger partial charge < -0.3 is 9.47 Å². The smallest absolute Gasteiger partial charge is 0.276 e. The van der Waals surface area contributed by atoms with Crippen LogP contribution < -0.4 is 9.47 Å². The maximum absolute atomic E-state index is 10.8. The Morgan fingerprint density at radius 1 is 1.10 bits per heavy atom. The van der Waals surface area contributed by atoms with E-state index >= 15 is 0 Å². The molecule has 0 aliphatic heterocycles. The second-order valence-electron chi connectivity index (χ2n) is 3.80. The lowest BCUT2D eigenvalue weighted by Crippen LogP contribution is -1.93. The summed E-state index contributed by atoms with van der Waals surface area (Å²) in [6.07, 6.45) is 0. The summed E-state index contributed by atoms with van der Waals surface area (Å²) in [6.45, 7) is 0. The van der Waals surface area contributed by atoms with Crippen LogP contribution in [0, 0.1) is 10.1 Å². The Kier molecular flexibility index (Phi) is 4.32. The van der Waals surface area contributed by atoms with Gasteiger partial charge in [0.05, 0.1) is 29.2 Å². The lowest BCUT2D eigenvalue weighted by molar-refractivity contribution is -0.385. The summed E-state index contributed by atoms with van der Waals surface area (Å²) in [5, 5.41) is 11.6. The van der Waals surface area contributed by atoms with Crippen LogP contribution >= 0.6 is 23.2 Å². The molecule has 0 N–H and O–H groups in total. The van der Waals surface area contributed by atoms with Crippen LogP contribution in [0.25, 0.3) is 0 Å². The summed E-state index contributed by atoms with van der Waals surface area (Å²) in [5.41, 5.74) is -0.135. The number of halogens is 2. The summed E-state index contributed by atoms with van der Waals surface area (Å²) in [6, 6.07) is 8.82. The lowest BCUT2D eigenvalue weighted by Gasteiger charge is -2.09. The first-order valence-electron chi connectivity index (χ1n) is 5.46. The van der Waals surface area contributed by atoms with E-state index in [9.17, 15) is 10.1 Å². The van der Waals surface area contributed by atoms with Gasteiger partial charge in [0, 0.05) is 11.1 Å². The van der Waals surface area contributed by atoms with Gasteiger partial charge in [-0.05, 0) is 18.2 Å². The minimum atomic E-state index is -0.529. The SMILES string of the molecule is COc1cc(Oc2ccc(Cl)cc2Cl)cc([N+](=O)[O-])c1. The number of ether oxygens (including phenoxy) is 2. The van der Waals surface area contributed by atoms with Crippen molar-refractivity contribution in [1.29, 1.82) is 0 Å². The molecule has 2 rings (SSSR count). The van der Waals surface area contributed by atoms with Gasteiger partial charge >= 0.3 is 0 Å². The molecule has 0 saturated heterocycles. The number of nitrogens with zero attached hydrogens (tertiary/aromatic N) is 1. The van der Waals surface area contributed by atoms with Gasteiger partial charge in [-0.3, -0.25) is 10.1 Å². The van der Waals surface area contributed by atoms with E-state index < -0.39 is 4.92 Å². The summed E-state index contributed by atoms with van der Waals surface area (Å²) in [5.74, 6) is 0.915. The van der Waals surface area contributed by atoms with E-state index in [-0.39, 0.29) is 11.4 Å². The summed E-state index contributed by atoms with van der Waals surface area (Å²) < 4.78 is 10.5. The summed E-state index contributed by atoms with van der Waals surface area (Å²) in [4.78, 5) is 10.3. The molecular formula is C13H9Cl2NO4. The molecule has 0 aliphatic rings. The zero-order valence-electron chi connectivity index (χ0n) is 10.3. The summed E-state index contributed by atoms with van der Waals surface area (Å²) in [7, 11) is 1.41. The number of non-ortho nitro benzene ring substituents is 1. The van der Waals surface area contributed by atoms with Gasteiger partial charge in [0.15, 0.2) is 0 Å². The Balaban J connectivity index is 2.37. The standard InChI is InChI=1S/C13H9Cl2NO4/c1-19-10-5-9(16(17)18)6-11(7-10)20-13-3-2-8(14)4-12(13)15/h2-7H,1H3. The first-order chi connectivity index (χ1) is 9.49. The van der Waals surface area contributed by atoms with Crippen molar-refractivity contribution in [2.24, 2.45) is 0 Å². The van der Waals surface area contributed by atoms with Crippen LogP contribution in [-0.2, 0) is 0 Å². The molecule has 0 aliphatic carbocycles. The van der Waals surface area contributed by atoms with Crippen molar-refractivity contribution in [2.75, 3.05) is 7.11 Å². The molecule has 0 unspecified atom stereocenters. The highest BCUT2D eigenvalue weighted by molar-refractivity contribution is 6.35. The Hall–Kier alpha value is -1.98. The maximum atomic E-state index is 10.8. The minimum Gasteiger partial charge on any atom is -0.496 e. The third-order valence-electron chi connectivity index (χ3n) is 2.43. The van der Waals surface area contributed by atoms with Crippen LogP contribution in [0.2, 0.25) is 10.0 Å². The molecule has 2 aromatic rings. The number of nitro groups is 1. The highest BCUT2D eigenvalue weighted by Gasteiger charge is 2.12. The van der Waals surface area contributed by atoms with Crippen LogP contribution in [0.15, 0.2) is 36.4 Å². The molecule has 2 aromatic carbocycles. The minimum absolute atomic E-state index is 0.135. The van der Waals surface area contributed by atoms with Crippen molar-refractivity contribution in [3.8, 4) is 17.2 Å². The molecule has 0 atom stereocenters. The van der Waals surface area contributed by atoms with Gasteiger partial charge in [-0.15, -0.1) is 0 Å². The molecule has 0 heterocycles. The fourth-order valence-corrected chi connectivity index (χ4v) is 1.97. The molecule has 0 saturated carbocycles. The Bertz CT molecular complexity index is 661. The van der Waals surface area contributed by atoms with E-state index in [0.29, 0.717) is 21.5 Å². The Morgan fingerprint density at radius 2 is 1.80 bits per heavy atom. The van der Waals surface area contributed by atoms with Crippen molar-refractivity contribution in [2.45, 2.75) is 0 Å². The quantitative estimate of drug-likeness (QED) is 0.606. The normalized spacial score (nSPS) is 10.2. The predicted molar refractivity (Wildman–Crippen MR) is 76.2 cm³/mol. The lowest BCUT2D eigenvalue weighted by atomic mass is 10.3. The molecule has 5 nitrogen and oxygen atoms in total. The van der Waals surface area contributed by atoms with Crippen molar-refractivity contribution in [3.05, 3.63) is 56.6 Å². The van der Waals surface area contributed by atoms with Gasteiger partial charge in [-0.2, -0.15) is 0 Å². The molecule has 0 bridgehead atoms. The van der Waals surface area contributed by atoms with E-state index in [1.807, 2.05) is 0 Å². The number of methoxy groups -OCH3 is 1. The molecule has 0 spiro atoms. The van der Waals surface area contributed by atoms with Crippen molar-refractivity contribution in [1.82, 2.24) is 0 Å². The second-order valence-corrected chi connectivity index (χ2v) is 4.64. The van der Waals surface area contributed by atoms with Crippen LogP contribution in [0.4, 0.5) is 5.69 Å². The molecular weight excluding hydrogens is 305 g/mol. The first kappa shape index (κ1) is 14.4. The molecule has 20 heavy (non-hydrogen) atoms. The largest absolute Gasteiger partial charge is 0.496 e. The van der Waals surface area contributed by atoms with Crippen LogP contribution in [0.1, 0.15) is 0 Å². The molecule has 0 radical (unpaired) electrons. The zero-order chi connectivity index (χ0) is 14.7. The van der Waals surface area contributed by atoms with Gasteiger partial charge in [0.2, 0.25) is 0 Å².